The van der Waals surface area contributed by atoms with Crippen LogP contribution in [0.15, 0.2) is 75.7 Å². The molecular formula is C22H15Br2F3N2O3. The van der Waals surface area contributed by atoms with E-state index >= 15 is 0 Å². The first-order chi connectivity index (χ1) is 15.1. The Labute approximate surface area is 198 Å². The summed E-state index contributed by atoms with van der Waals surface area (Å²) in [6.45, 7) is -0.224. The van der Waals surface area contributed by atoms with E-state index in [2.05, 4.69) is 42.5 Å². The Morgan fingerprint density at radius 1 is 0.875 bits per heavy atom. The number of benzene rings is 3. The highest BCUT2D eigenvalue weighted by Crippen LogP contribution is 2.31. The largest absolute Gasteiger partial charge is 0.483 e. The van der Waals surface area contributed by atoms with Crippen molar-refractivity contribution in [2.75, 3.05) is 17.2 Å². The summed E-state index contributed by atoms with van der Waals surface area (Å²) >= 11 is 6.67. The maximum Gasteiger partial charge on any atom is 0.416 e. The lowest BCUT2D eigenvalue weighted by atomic mass is 10.1. The van der Waals surface area contributed by atoms with E-state index in [9.17, 15) is 22.8 Å². The van der Waals surface area contributed by atoms with Crippen LogP contribution in [-0.2, 0) is 11.0 Å². The molecule has 0 heterocycles. The van der Waals surface area contributed by atoms with Crippen molar-refractivity contribution in [1.29, 1.82) is 0 Å². The smallest absolute Gasteiger partial charge is 0.416 e. The van der Waals surface area contributed by atoms with Gasteiger partial charge in [-0.2, -0.15) is 13.2 Å². The van der Waals surface area contributed by atoms with E-state index in [-0.39, 0.29) is 17.9 Å². The minimum atomic E-state index is -4.50. The quantitative estimate of drug-likeness (QED) is 0.355. The summed E-state index contributed by atoms with van der Waals surface area (Å²) in [6.07, 6.45) is -4.50. The molecule has 0 fully saturated rings. The number of hydrogen-bond acceptors (Lipinski definition) is 3. The van der Waals surface area contributed by atoms with Crippen LogP contribution in [0.25, 0.3) is 0 Å². The molecule has 0 saturated carbocycles. The highest BCUT2D eigenvalue weighted by Gasteiger charge is 2.30. The Kier molecular flexibility index (Phi) is 7.57. The van der Waals surface area contributed by atoms with Crippen LogP contribution < -0.4 is 15.4 Å². The molecule has 0 saturated heterocycles. The zero-order valence-electron chi connectivity index (χ0n) is 16.2. The Morgan fingerprint density at radius 2 is 1.59 bits per heavy atom. The number of nitrogens with one attached hydrogen (secondary N) is 2. The first-order valence-electron chi connectivity index (χ1n) is 9.08. The minimum Gasteiger partial charge on any atom is -0.483 e. The number of halogens is 5. The van der Waals surface area contributed by atoms with Gasteiger partial charge in [0.2, 0.25) is 0 Å². The maximum absolute atomic E-state index is 12.8. The zero-order valence-corrected chi connectivity index (χ0v) is 19.3. The van der Waals surface area contributed by atoms with Crippen molar-refractivity contribution in [3.63, 3.8) is 0 Å². The molecular weight excluding hydrogens is 557 g/mol. The average Bonchev–Trinajstić information content (AvgIpc) is 2.73. The highest BCUT2D eigenvalue weighted by atomic mass is 79.9. The van der Waals surface area contributed by atoms with E-state index < -0.39 is 23.6 Å². The summed E-state index contributed by atoms with van der Waals surface area (Å²) in [5.41, 5.74) is -0.177. The molecule has 3 rings (SSSR count). The number of rotatable bonds is 6. The SMILES string of the molecule is O=C(COc1ccc(Br)cc1Br)Nc1ccc(C(=O)Nc2cccc(C(F)(F)F)c2)cc1. The fourth-order valence-electron chi connectivity index (χ4n) is 2.61. The molecule has 0 spiro atoms. The normalized spacial score (nSPS) is 11.0. The molecule has 2 N–H and O–H groups in total. The number of amides is 2. The van der Waals surface area contributed by atoms with E-state index in [4.69, 9.17) is 4.74 Å². The van der Waals surface area contributed by atoms with Crippen LogP contribution in [0.4, 0.5) is 24.5 Å². The Hall–Kier alpha value is -2.85. The van der Waals surface area contributed by atoms with Crippen molar-refractivity contribution in [3.05, 3.63) is 86.8 Å². The monoisotopic (exact) mass is 570 g/mol. The topological polar surface area (TPSA) is 67.4 Å². The molecule has 0 unspecified atom stereocenters. The van der Waals surface area contributed by atoms with Crippen molar-refractivity contribution in [1.82, 2.24) is 0 Å². The van der Waals surface area contributed by atoms with Gasteiger partial charge in [0.05, 0.1) is 10.0 Å². The standard InChI is InChI=1S/C22H15Br2F3N2O3/c23-15-6-9-19(18(24)11-15)32-12-20(30)28-16-7-4-13(5-8-16)21(31)29-17-3-1-2-14(10-17)22(25,26)27/h1-11H,12H2,(H,28,30)(H,29,31). The van der Waals surface area contributed by atoms with Crippen molar-refractivity contribution >= 4 is 55.0 Å². The molecule has 0 aliphatic rings. The molecule has 10 heteroatoms. The van der Waals surface area contributed by atoms with Crippen molar-refractivity contribution in [2.24, 2.45) is 0 Å². The lowest BCUT2D eigenvalue weighted by molar-refractivity contribution is -0.137. The van der Waals surface area contributed by atoms with E-state index in [1.165, 1.54) is 36.4 Å². The number of anilines is 2. The molecule has 0 aliphatic carbocycles. The number of carbonyl (C=O) groups is 2. The van der Waals surface area contributed by atoms with E-state index in [0.717, 1.165) is 16.6 Å². The molecule has 2 amide bonds. The van der Waals surface area contributed by atoms with Gasteiger partial charge in [-0.1, -0.05) is 22.0 Å². The number of hydrogen-bond donors (Lipinski definition) is 2. The Bertz CT molecular complexity index is 1140. The first kappa shape index (κ1) is 23.8. The molecule has 0 radical (unpaired) electrons. The molecule has 0 bridgehead atoms. The third kappa shape index (κ3) is 6.57. The second-order valence-corrected chi connectivity index (χ2v) is 8.29. The summed E-state index contributed by atoms with van der Waals surface area (Å²) in [4.78, 5) is 24.4. The molecule has 0 aromatic heterocycles. The number of ether oxygens (including phenoxy) is 1. The summed E-state index contributed by atoms with van der Waals surface area (Å²) in [7, 11) is 0. The lowest BCUT2D eigenvalue weighted by Crippen LogP contribution is -2.20. The molecule has 0 atom stereocenters. The predicted molar refractivity (Wildman–Crippen MR) is 122 cm³/mol. The summed E-state index contributed by atoms with van der Waals surface area (Å²) in [5, 5.41) is 5.06. The highest BCUT2D eigenvalue weighted by molar-refractivity contribution is 9.11. The van der Waals surface area contributed by atoms with Gasteiger partial charge in [0.15, 0.2) is 6.61 Å². The van der Waals surface area contributed by atoms with Gasteiger partial charge >= 0.3 is 6.18 Å². The van der Waals surface area contributed by atoms with Crippen molar-refractivity contribution in [2.45, 2.75) is 6.18 Å². The molecule has 3 aromatic rings. The van der Waals surface area contributed by atoms with Crippen molar-refractivity contribution < 1.29 is 27.5 Å². The van der Waals surface area contributed by atoms with Crippen LogP contribution in [0.2, 0.25) is 0 Å². The summed E-state index contributed by atoms with van der Waals surface area (Å²) in [5.74, 6) is -0.475. The number of carbonyl (C=O) groups excluding carboxylic acids is 2. The van der Waals surface area contributed by atoms with Gasteiger partial charge in [-0.3, -0.25) is 9.59 Å². The van der Waals surface area contributed by atoms with Crippen LogP contribution in [-0.4, -0.2) is 18.4 Å². The third-order valence-electron chi connectivity index (χ3n) is 4.13. The fraction of sp³-hybridized carbons (Fsp3) is 0.0909. The van der Waals surface area contributed by atoms with E-state index in [0.29, 0.717) is 15.9 Å². The Balaban J connectivity index is 1.56. The summed E-state index contributed by atoms with van der Waals surface area (Å²) in [6, 6.07) is 15.6. The van der Waals surface area contributed by atoms with Crippen LogP contribution in [0, 0.1) is 0 Å². The van der Waals surface area contributed by atoms with Gasteiger partial charge in [0.1, 0.15) is 5.75 Å². The third-order valence-corrected chi connectivity index (χ3v) is 5.24. The van der Waals surface area contributed by atoms with Gasteiger partial charge in [-0.15, -0.1) is 0 Å². The zero-order chi connectivity index (χ0) is 23.3. The second-order valence-electron chi connectivity index (χ2n) is 6.52. The molecule has 0 aliphatic heterocycles. The second kappa shape index (κ2) is 10.2. The molecule has 32 heavy (non-hydrogen) atoms. The van der Waals surface area contributed by atoms with Gasteiger partial charge in [-0.25, -0.2) is 0 Å². The van der Waals surface area contributed by atoms with Gasteiger partial charge in [0, 0.05) is 21.4 Å². The molecule has 5 nitrogen and oxygen atoms in total. The van der Waals surface area contributed by atoms with Gasteiger partial charge in [0.25, 0.3) is 11.8 Å². The Morgan fingerprint density at radius 3 is 2.25 bits per heavy atom. The van der Waals surface area contributed by atoms with Crippen LogP contribution >= 0.6 is 31.9 Å². The van der Waals surface area contributed by atoms with E-state index in [1.807, 2.05) is 0 Å². The number of alkyl halides is 3. The minimum absolute atomic E-state index is 0.0263. The average molecular weight is 572 g/mol. The predicted octanol–water partition coefficient (Wildman–Crippen LogP) is 6.50. The lowest BCUT2D eigenvalue weighted by Gasteiger charge is -2.11. The van der Waals surface area contributed by atoms with Crippen LogP contribution in [0.5, 0.6) is 5.75 Å². The van der Waals surface area contributed by atoms with Crippen LogP contribution in [0.3, 0.4) is 0 Å². The van der Waals surface area contributed by atoms with Crippen LogP contribution in [0.1, 0.15) is 15.9 Å². The van der Waals surface area contributed by atoms with Crippen molar-refractivity contribution in [3.8, 4) is 5.75 Å². The summed E-state index contributed by atoms with van der Waals surface area (Å²) < 4.78 is 45.4. The van der Waals surface area contributed by atoms with Gasteiger partial charge in [-0.05, 0) is 76.6 Å². The first-order valence-corrected chi connectivity index (χ1v) is 10.7. The maximum atomic E-state index is 12.8. The molecule has 3 aromatic carbocycles. The van der Waals surface area contributed by atoms with E-state index in [1.54, 1.807) is 18.2 Å². The molecule has 166 valence electrons. The van der Waals surface area contributed by atoms with Gasteiger partial charge < -0.3 is 15.4 Å². The fourth-order valence-corrected chi connectivity index (χ4v) is 3.78.